The Labute approximate surface area is 135 Å². The predicted octanol–water partition coefficient (Wildman–Crippen LogP) is 2.25. The van der Waals surface area contributed by atoms with E-state index in [4.69, 9.17) is 21.4 Å². The highest BCUT2D eigenvalue weighted by Gasteiger charge is 2.20. The predicted molar refractivity (Wildman–Crippen MR) is 87.0 cm³/mol. The van der Waals surface area contributed by atoms with E-state index >= 15 is 0 Å². The molecular formula is C16H12ClNO3S. The van der Waals surface area contributed by atoms with Gasteiger partial charge in [0.25, 0.3) is 0 Å². The van der Waals surface area contributed by atoms with Crippen LogP contribution in [0.2, 0.25) is 4.34 Å². The van der Waals surface area contributed by atoms with Gasteiger partial charge >= 0.3 is 5.97 Å². The smallest absolute Gasteiger partial charge is 0.328 e. The fourth-order valence-electron chi connectivity index (χ4n) is 2.36. The van der Waals surface area contributed by atoms with Gasteiger partial charge < -0.3 is 9.84 Å². The largest absolute Gasteiger partial charge is 0.491 e. The lowest BCUT2D eigenvalue weighted by Crippen LogP contribution is -2.30. The molecule has 112 valence electrons. The molecule has 2 heterocycles. The number of aromatic nitrogens is 1. The van der Waals surface area contributed by atoms with Crippen molar-refractivity contribution in [2.24, 2.45) is 0 Å². The van der Waals surface area contributed by atoms with Gasteiger partial charge in [-0.1, -0.05) is 17.7 Å². The van der Waals surface area contributed by atoms with E-state index in [1.165, 1.54) is 17.4 Å². The summed E-state index contributed by atoms with van der Waals surface area (Å²) in [5.74, 6) is -0.381. The average molecular weight is 334 g/mol. The first-order valence-corrected chi connectivity index (χ1v) is 7.84. The van der Waals surface area contributed by atoms with E-state index in [0.717, 1.165) is 15.7 Å². The number of allylic oxidation sites excluding steroid dienone is 1. The molecule has 0 fully saturated rings. The zero-order chi connectivity index (χ0) is 15.7. The Morgan fingerprint density at radius 3 is 3.09 bits per heavy atom. The molecule has 22 heavy (non-hydrogen) atoms. The maximum absolute atomic E-state index is 11.1. The number of halogens is 1. The summed E-state index contributed by atoms with van der Waals surface area (Å²) in [7, 11) is 0. The van der Waals surface area contributed by atoms with Crippen molar-refractivity contribution < 1.29 is 14.6 Å². The lowest BCUT2D eigenvalue weighted by molar-refractivity contribution is -0.131. The Morgan fingerprint density at radius 2 is 2.36 bits per heavy atom. The molecule has 2 aromatic heterocycles. The first kappa shape index (κ1) is 14.8. The number of nitrogens with zero attached hydrogens (tertiary/aromatic N) is 1. The Hall–Kier alpha value is -2.11. The minimum absolute atomic E-state index is 0.482. The van der Waals surface area contributed by atoms with Crippen LogP contribution in [0.4, 0.5) is 0 Å². The SMILES string of the molecule is CCOC1=c2ncccc2=CC(=CC(=O)O)c2sc(Cl)cc21. The fourth-order valence-corrected chi connectivity index (χ4v) is 3.57. The third-order valence-corrected chi connectivity index (χ3v) is 4.45. The molecule has 0 saturated heterocycles. The Kier molecular flexibility index (Phi) is 4.00. The maximum Gasteiger partial charge on any atom is 0.328 e. The number of ether oxygens (including phenoxy) is 1. The van der Waals surface area contributed by atoms with E-state index in [9.17, 15) is 4.79 Å². The van der Waals surface area contributed by atoms with Gasteiger partial charge in [0.2, 0.25) is 0 Å². The third-order valence-electron chi connectivity index (χ3n) is 3.14. The van der Waals surface area contributed by atoms with Crippen molar-refractivity contribution in [3.05, 3.63) is 55.8 Å². The van der Waals surface area contributed by atoms with Crippen LogP contribution in [-0.4, -0.2) is 22.7 Å². The Morgan fingerprint density at radius 1 is 1.55 bits per heavy atom. The molecule has 0 aliphatic heterocycles. The summed E-state index contributed by atoms with van der Waals surface area (Å²) in [5, 5.41) is 10.6. The lowest BCUT2D eigenvalue weighted by atomic mass is 10.1. The van der Waals surface area contributed by atoms with Gasteiger partial charge in [-0.25, -0.2) is 4.79 Å². The van der Waals surface area contributed by atoms with Crippen LogP contribution in [0.1, 0.15) is 17.4 Å². The second kappa shape index (κ2) is 5.94. The van der Waals surface area contributed by atoms with Gasteiger partial charge in [0.1, 0.15) is 5.35 Å². The van der Waals surface area contributed by atoms with E-state index in [1.54, 1.807) is 18.3 Å². The van der Waals surface area contributed by atoms with E-state index < -0.39 is 5.97 Å². The van der Waals surface area contributed by atoms with Crippen molar-refractivity contribution in [2.45, 2.75) is 6.92 Å². The summed E-state index contributed by atoms with van der Waals surface area (Å²) in [5.41, 5.74) is 1.36. The van der Waals surface area contributed by atoms with Gasteiger partial charge in [-0.05, 0) is 25.1 Å². The van der Waals surface area contributed by atoms with Crippen LogP contribution in [0.3, 0.4) is 0 Å². The number of rotatable bonds is 3. The van der Waals surface area contributed by atoms with Crippen molar-refractivity contribution in [3.8, 4) is 0 Å². The molecule has 0 amide bonds. The molecule has 2 aromatic rings. The zero-order valence-corrected chi connectivity index (χ0v) is 13.2. The van der Waals surface area contributed by atoms with Crippen molar-refractivity contribution >= 4 is 46.3 Å². The number of aliphatic carboxylic acids is 1. The molecule has 0 radical (unpaired) electrons. The molecule has 1 aliphatic carbocycles. The molecule has 4 nitrogen and oxygen atoms in total. The average Bonchev–Trinajstić information content (AvgIpc) is 2.81. The molecule has 0 spiro atoms. The summed E-state index contributed by atoms with van der Waals surface area (Å²) in [4.78, 5) is 16.3. The molecule has 6 heteroatoms. The summed E-state index contributed by atoms with van der Waals surface area (Å²) < 4.78 is 6.37. The highest BCUT2D eigenvalue weighted by Crippen LogP contribution is 2.37. The third kappa shape index (κ3) is 2.65. The van der Waals surface area contributed by atoms with E-state index in [0.29, 0.717) is 27.6 Å². The molecule has 0 unspecified atom stereocenters. The number of carboxylic acid groups (broad SMARTS) is 1. The quantitative estimate of drug-likeness (QED) is 0.875. The number of thiophene rings is 1. The van der Waals surface area contributed by atoms with Crippen LogP contribution in [0.15, 0.2) is 30.5 Å². The first-order chi connectivity index (χ1) is 10.6. The maximum atomic E-state index is 11.1. The highest BCUT2D eigenvalue weighted by molar-refractivity contribution is 7.17. The summed E-state index contributed by atoms with van der Waals surface area (Å²) in [6.45, 7) is 2.38. The van der Waals surface area contributed by atoms with Crippen LogP contribution in [0.5, 0.6) is 0 Å². The first-order valence-electron chi connectivity index (χ1n) is 6.64. The van der Waals surface area contributed by atoms with Crippen LogP contribution in [0.25, 0.3) is 17.4 Å². The zero-order valence-electron chi connectivity index (χ0n) is 11.7. The van der Waals surface area contributed by atoms with E-state index in [-0.39, 0.29) is 0 Å². The monoisotopic (exact) mass is 333 g/mol. The van der Waals surface area contributed by atoms with Crippen molar-refractivity contribution in [2.75, 3.05) is 6.61 Å². The number of hydrogen-bond acceptors (Lipinski definition) is 4. The highest BCUT2D eigenvalue weighted by atomic mass is 35.5. The topological polar surface area (TPSA) is 59.4 Å². The molecule has 0 aromatic carbocycles. The van der Waals surface area contributed by atoms with Gasteiger partial charge in [0.15, 0.2) is 5.76 Å². The normalized spacial score (nSPS) is 14.8. The second-order valence-electron chi connectivity index (χ2n) is 4.58. The lowest BCUT2D eigenvalue weighted by Gasteiger charge is -2.08. The fraction of sp³-hybridized carbons (Fsp3) is 0.125. The molecule has 1 N–H and O–H groups in total. The Balaban J connectivity index is 2.43. The molecular weight excluding hydrogens is 322 g/mol. The second-order valence-corrected chi connectivity index (χ2v) is 6.26. The number of hydrogen-bond donors (Lipinski definition) is 1. The minimum Gasteiger partial charge on any atom is -0.491 e. The number of carbonyl (C=O) groups is 1. The van der Waals surface area contributed by atoms with E-state index in [1.807, 2.05) is 19.1 Å². The van der Waals surface area contributed by atoms with Crippen molar-refractivity contribution in [1.82, 2.24) is 4.98 Å². The van der Waals surface area contributed by atoms with Crippen LogP contribution in [0, 0.1) is 0 Å². The number of carboxylic acids is 1. The van der Waals surface area contributed by atoms with Crippen LogP contribution < -0.4 is 10.6 Å². The number of fused-ring (bicyclic) bond motifs is 2. The molecule has 0 saturated carbocycles. The minimum atomic E-state index is -1.01. The Bertz CT molecular complexity index is 898. The van der Waals surface area contributed by atoms with Crippen molar-refractivity contribution in [1.29, 1.82) is 0 Å². The molecule has 0 atom stereocenters. The van der Waals surface area contributed by atoms with Gasteiger partial charge in [-0.15, -0.1) is 11.3 Å². The van der Waals surface area contributed by atoms with Gasteiger partial charge in [0.05, 0.1) is 10.9 Å². The summed E-state index contributed by atoms with van der Waals surface area (Å²) in [6.07, 6.45) is 4.66. The van der Waals surface area contributed by atoms with Gasteiger partial charge in [-0.3, -0.25) is 4.98 Å². The van der Waals surface area contributed by atoms with E-state index in [2.05, 4.69) is 4.98 Å². The standard InChI is InChI=1S/C16H12ClNO3S/c1-2-21-15-11-8-12(17)22-16(11)10(7-13(19)20)6-9-4-3-5-18-14(9)15/h3-8H,2H2,1H3,(H,19,20). The van der Waals surface area contributed by atoms with Crippen LogP contribution in [-0.2, 0) is 9.53 Å². The van der Waals surface area contributed by atoms with Crippen molar-refractivity contribution in [3.63, 3.8) is 0 Å². The van der Waals surface area contributed by atoms with Gasteiger partial charge in [-0.2, -0.15) is 0 Å². The van der Waals surface area contributed by atoms with Crippen LogP contribution >= 0.6 is 22.9 Å². The molecule has 0 bridgehead atoms. The number of pyridine rings is 1. The summed E-state index contributed by atoms with van der Waals surface area (Å²) in [6, 6.07) is 5.48. The summed E-state index contributed by atoms with van der Waals surface area (Å²) >= 11 is 7.47. The molecule has 3 rings (SSSR count). The molecule has 1 aliphatic rings. The van der Waals surface area contributed by atoms with Gasteiger partial charge in [0, 0.05) is 33.5 Å².